The van der Waals surface area contributed by atoms with E-state index in [4.69, 9.17) is 5.11 Å². The molecule has 0 aliphatic carbocycles. The first-order chi connectivity index (χ1) is 9.83. The standard InChI is InChI=1S/C15H26N4O/c1-2-7-16-15-11-17-13(10-18-15)12-19-8-4-3-5-14(19)6-9-20/h10-11,14,20H,2-9,12H2,1H3,(H,16,18). The fraction of sp³-hybridized carbons (Fsp3) is 0.733. The first-order valence-electron chi connectivity index (χ1n) is 7.73. The lowest BCUT2D eigenvalue weighted by Gasteiger charge is -2.35. The molecule has 1 fully saturated rings. The summed E-state index contributed by atoms with van der Waals surface area (Å²) in [7, 11) is 0. The maximum atomic E-state index is 9.16. The Bertz CT molecular complexity index is 380. The Labute approximate surface area is 121 Å². The molecule has 2 N–H and O–H groups in total. The summed E-state index contributed by atoms with van der Waals surface area (Å²) in [6, 6.07) is 0.494. The van der Waals surface area contributed by atoms with Crippen molar-refractivity contribution < 1.29 is 5.11 Å². The maximum absolute atomic E-state index is 9.16. The second-order valence-electron chi connectivity index (χ2n) is 5.45. The Hall–Kier alpha value is -1.20. The van der Waals surface area contributed by atoms with Gasteiger partial charge in [0.25, 0.3) is 0 Å². The van der Waals surface area contributed by atoms with Crippen molar-refractivity contribution in [1.82, 2.24) is 14.9 Å². The highest BCUT2D eigenvalue weighted by molar-refractivity contribution is 5.30. The van der Waals surface area contributed by atoms with Crippen LogP contribution >= 0.6 is 0 Å². The van der Waals surface area contributed by atoms with Crippen molar-refractivity contribution in [2.24, 2.45) is 0 Å². The number of likely N-dealkylation sites (tertiary alicyclic amines) is 1. The minimum Gasteiger partial charge on any atom is -0.396 e. The summed E-state index contributed by atoms with van der Waals surface area (Å²) in [6.45, 7) is 5.27. The molecule has 1 unspecified atom stereocenters. The van der Waals surface area contributed by atoms with Crippen LogP contribution in [-0.2, 0) is 6.54 Å². The third-order valence-corrected chi connectivity index (χ3v) is 3.84. The van der Waals surface area contributed by atoms with Crippen LogP contribution in [0, 0.1) is 0 Å². The van der Waals surface area contributed by atoms with Crippen LogP contribution in [0.4, 0.5) is 5.82 Å². The van der Waals surface area contributed by atoms with Gasteiger partial charge in [0.15, 0.2) is 0 Å². The van der Waals surface area contributed by atoms with E-state index < -0.39 is 0 Å². The van der Waals surface area contributed by atoms with E-state index in [1.807, 2.05) is 12.4 Å². The Kier molecular flexibility index (Phi) is 6.21. The first-order valence-corrected chi connectivity index (χ1v) is 7.73. The van der Waals surface area contributed by atoms with Crippen LogP contribution in [0.2, 0.25) is 0 Å². The summed E-state index contributed by atoms with van der Waals surface area (Å²) in [4.78, 5) is 11.3. The van der Waals surface area contributed by atoms with Gasteiger partial charge in [0, 0.05) is 25.7 Å². The number of piperidine rings is 1. The van der Waals surface area contributed by atoms with Gasteiger partial charge in [-0.1, -0.05) is 13.3 Å². The van der Waals surface area contributed by atoms with Gasteiger partial charge < -0.3 is 10.4 Å². The van der Waals surface area contributed by atoms with Gasteiger partial charge in [-0.15, -0.1) is 0 Å². The predicted octanol–water partition coefficient (Wildman–Crippen LogP) is 2.04. The number of anilines is 1. The lowest BCUT2D eigenvalue weighted by atomic mass is 9.99. The van der Waals surface area contributed by atoms with Crippen molar-refractivity contribution in [2.75, 3.05) is 25.0 Å². The highest BCUT2D eigenvalue weighted by atomic mass is 16.3. The molecule has 5 heteroatoms. The Morgan fingerprint density at radius 2 is 2.25 bits per heavy atom. The van der Waals surface area contributed by atoms with Gasteiger partial charge in [0.05, 0.1) is 18.1 Å². The molecular formula is C15H26N4O. The molecule has 2 rings (SSSR count). The van der Waals surface area contributed by atoms with Crippen molar-refractivity contribution in [3.8, 4) is 0 Å². The van der Waals surface area contributed by atoms with Gasteiger partial charge in [0.2, 0.25) is 0 Å². The molecule has 5 nitrogen and oxygen atoms in total. The molecule has 0 spiro atoms. The van der Waals surface area contributed by atoms with Crippen molar-refractivity contribution in [1.29, 1.82) is 0 Å². The molecule has 0 radical (unpaired) electrons. The molecule has 1 aromatic heterocycles. The summed E-state index contributed by atoms with van der Waals surface area (Å²) in [5.74, 6) is 0.848. The average Bonchev–Trinajstić information content (AvgIpc) is 2.49. The second kappa shape index (κ2) is 8.17. The van der Waals surface area contributed by atoms with Crippen molar-refractivity contribution >= 4 is 5.82 Å². The van der Waals surface area contributed by atoms with Crippen molar-refractivity contribution in [3.63, 3.8) is 0 Å². The summed E-state index contributed by atoms with van der Waals surface area (Å²) in [6.07, 6.45) is 9.32. The van der Waals surface area contributed by atoms with Crippen LogP contribution in [0.1, 0.15) is 44.7 Å². The quantitative estimate of drug-likeness (QED) is 0.799. The molecule has 1 aliphatic rings. The van der Waals surface area contributed by atoms with Gasteiger partial charge >= 0.3 is 0 Å². The largest absolute Gasteiger partial charge is 0.396 e. The number of aliphatic hydroxyl groups excluding tert-OH is 1. The highest BCUT2D eigenvalue weighted by Crippen LogP contribution is 2.21. The van der Waals surface area contributed by atoms with Gasteiger partial charge in [-0.2, -0.15) is 0 Å². The monoisotopic (exact) mass is 278 g/mol. The van der Waals surface area contributed by atoms with E-state index in [0.29, 0.717) is 6.04 Å². The molecule has 2 heterocycles. The Balaban J connectivity index is 1.90. The Morgan fingerprint density at radius 1 is 1.35 bits per heavy atom. The normalized spacial score (nSPS) is 20.0. The van der Waals surface area contributed by atoms with Crippen LogP contribution in [0.5, 0.6) is 0 Å². The minimum atomic E-state index is 0.271. The van der Waals surface area contributed by atoms with Crippen LogP contribution in [0.3, 0.4) is 0 Å². The fourth-order valence-electron chi connectivity index (χ4n) is 2.73. The molecule has 20 heavy (non-hydrogen) atoms. The maximum Gasteiger partial charge on any atom is 0.144 e. The first kappa shape index (κ1) is 15.2. The number of hydrogen-bond donors (Lipinski definition) is 2. The zero-order chi connectivity index (χ0) is 14.2. The molecule has 0 amide bonds. The van der Waals surface area contributed by atoms with E-state index in [1.54, 1.807) is 0 Å². The van der Waals surface area contributed by atoms with Gasteiger partial charge in [-0.05, 0) is 32.2 Å². The van der Waals surface area contributed by atoms with Crippen LogP contribution in [-0.4, -0.2) is 45.7 Å². The lowest BCUT2D eigenvalue weighted by molar-refractivity contribution is 0.111. The van der Waals surface area contributed by atoms with E-state index in [9.17, 15) is 0 Å². The molecule has 112 valence electrons. The Morgan fingerprint density at radius 3 is 2.95 bits per heavy atom. The molecule has 0 bridgehead atoms. The second-order valence-corrected chi connectivity index (χ2v) is 5.45. The summed E-state index contributed by atoms with van der Waals surface area (Å²) < 4.78 is 0. The zero-order valence-corrected chi connectivity index (χ0v) is 12.4. The number of rotatable bonds is 7. The highest BCUT2D eigenvalue weighted by Gasteiger charge is 2.22. The average molecular weight is 278 g/mol. The van der Waals surface area contributed by atoms with Crippen molar-refractivity contribution in [2.45, 2.75) is 51.6 Å². The zero-order valence-electron chi connectivity index (χ0n) is 12.4. The molecular weight excluding hydrogens is 252 g/mol. The SMILES string of the molecule is CCCNc1cnc(CN2CCCCC2CCO)cn1. The number of nitrogens with one attached hydrogen (secondary N) is 1. The molecule has 1 saturated heterocycles. The predicted molar refractivity (Wildman–Crippen MR) is 80.6 cm³/mol. The topological polar surface area (TPSA) is 61.3 Å². The molecule has 0 aromatic carbocycles. The van der Waals surface area contributed by atoms with Crippen LogP contribution in [0.15, 0.2) is 12.4 Å². The van der Waals surface area contributed by atoms with Gasteiger partial charge in [0.1, 0.15) is 5.82 Å². The summed E-state index contributed by atoms with van der Waals surface area (Å²) >= 11 is 0. The lowest BCUT2D eigenvalue weighted by Crippen LogP contribution is -2.39. The third kappa shape index (κ3) is 4.42. The fourth-order valence-corrected chi connectivity index (χ4v) is 2.73. The van der Waals surface area contributed by atoms with Crippen LogP contribution < -0.4 is 5.32 Å². The van der Waals surface area contributed by atoms with E-state index in [2.05, 4.69) is 27.1 Å². The third-order valence-electron chi connectivity index (χ3n) is 3.84. The molecule has 1 aliphatic heterocycles. The van der Waals surface area contributed by atoms with Gasteiger partial charge in [-0.3, -0.25) is 9.88 Å². The number of aromatic nitrogens is 2. The molecule has 1 atom stereocenters. The number of aliphatic hydroxyl groups is 1. The summed E-state index contributed by atoms with van der Waals surface area (Å²) in [5, 5.41) is 12.4. The van der Waals surface area contributed by atoms with Crippen molar-refractivity contribution in [3.05, 3.63) is 18.1 Å². The van der Waals surface area contributed by atoms with Crippen LogP contribution in [0.25, 0.3) is 0 Å². The molecule has 1 aromatic rings. The molecule has 0 saturated carbocycles. The van der Waals surface area contributed by atoms with Gasteiger partial charge in [-0.25, -0.2) is 4.98 Å². The van der Waals surface area contributed by atoms with E-state index in [0.717, 1.165) is 44.0 Å². The minimum absolute atomic E-state index is 0.271. The number of hydrogen-bond acceptors (Lipinski definition) is 5. The van der Waals surface area contributed by atoms with E-state index >= 15 is 0 Å². The number of nitrogens with zero attached hydrogens (tertiary/aromatic N) is 3. The van der Waals surface area contributed by atoms with E-state index in [1.165, 1.54) is 19.3 Å². The summed E-state index contributed by atoms with van der Waals surface area (Å²) in [5.41, 5.74) is 1.01. The smallest absolute Gasteiger partial charge is 0.144 e. The van der Waals surface area contributed by atoms with E-state index in [-0.39, 0.29) is 6.61 Å².